The molecule has 2 aromatic carbocycles. The number of sulfonamides is 1. The van der Waals surface area contributed by atoms with Crippen molar-refractivity contribution in [2.45, 2.75) is 32.7 Å². The number of rotatable bonds is 6. The summed E-state index contributed by atoms with van der Waals surface area (Å²) in [5.74, 6) is -0.104. The third-order valence-electron chi connectivity index (χ3n) is 4.08. The molecule has 1 atom stereocenters. The normalized spacial score (nSPS) is 12.7. The molecule has 0 saturated heterocycles. The molecule has 0 aliphatic carbocycles. The minimum absolute atomic E-state index is 0.157. The van der Waals surface area contributed by atoms with Crippen molar-refractivity contribution < 1.29 is 13.2 Å². The van der Waals surface area contributed by atoms with Crippen LogP contribution in [-0.2, 0) is 14.8 Å². The van der Waals surface area contributed by atoms with Crippen LogP contribution in [0.3, 0.4) is 0 Å². The quantitative estimate of drug-likeness (QED) is 0.710. The Morgan fingerprint density at radius 1 is 1.04 bits per heavy atom. The molecule has 8 heteroatoms. The van der Waals surface area contributed by atoms with Crippen LogP contribution in [-0.4, -0.2) is 26.6 Å². The van der Waals surface area contributed by atoms with Gasteiger partial charge in [-0.15, -0.1) is 0 Å². The number of hydrogen-bond donors (Lipinski definition) is 1. The maximum absolute atomic E-state index is 12.7. The zero-order valence-corrected chi connectivity index (χ0v) is 17.9. The smallest absolute Gasteiger partial charge is 0.247 e. The lowest BCUT2D eigenvalue weighted by molar-refractivity contribution is -0.116. The molecule has 0 heterocycles. The SMILES string of the molecule is CC(C)c1ccc(NC(=O)C(C)N(c2cc(Cl)ccc2Cl)S(C)(=O)=O)cc1. The van der Waals surface area contributed by atoms with Crippen LogP contribution < -0.4 is 9.62 Å². The highest BCUT2D eigenvalue weighted by Gasteiger charge is 2.30. The van der Waals surface area contributed by atoms with E-state index in [1.807, 2.05) is 12.1 Å². The molecule has 1 N–H and O–H groups in total. The Hall–Kier alpha value is -1.76. The van der Waals surface area contributed by atoms with E-state index < -0.39 is 22.0 Å². The predicted octanol–water partition coefficient (Wildman–Crippen LogP) is 4.91. The summed E-state index contributed by atoms with van der Waals surface area (Å²) in [5, 5.41) is 3.25. The molecule has 1 amide bonds. The van der Waals surface area contributed by atoms with E-state index >= 15 is 0 Å². The molecule has 0 aromatic heterocycles. The molecule has 0 fully saturated rings. The Morgan fingerprint density at radius 3 is 2.15 bits per heavy atom. The van der Waals surface area contributed by atoms with Gasteiger partial charge < -0.3 is 5.32 Å². The molecule has 0 radical (unpaired) electrons. The zero-order chi connectivity index (χ0) is 20.4. The van der Waals surface area contributed by atoms with E-state index in [2.05, 4.69) is 19.2 Å². The molecule has 5 nitrogen and oxygen atoms in total. The zero-order valence-electron chi connectivity index (χ0n) is 15.5. The molecule has 27 heavy (non-hydrogen) atoms. The third-order valence-corrected chi connectivity index (χ3v) is 5.86. The maximum atomic E-state index is 12.7. The highest BCUT2D eigenvalue weighted by molar-refractivity contribution is 7.92. The van der Waals surface area contributed by atoms with E-state index in [0.717, 1.165) is 16.1 Å². The maximum Gasteiger partial charge on any atom is 0.247 e. The number of carbonyl (C=O) groups is 1. The minimum atomic E-state index is -3.78. The number of nitrogens with one attached hydrogen (secondary N) is 1. The molecule has 0 spiro atoms. The van der Waals surface area contributed by atoms with Gasteiger partial charge in [-0.2, -0.15) is 0 Å². The number of benzene rings is 2. The van der Waals surface area contributed by atoms with Gasteiger partial charge >= 0.3 is 0 Å². The van der Waals surface area contributed by atoms with E-state index in [0.29, 0.717) is 16.6 Å². The van der Waals surface area contributed by atoms with Gasteiger partial charge in [-0.25, -0.2) is 8.42 Å². The second-order valence-electron chi connectivity index (χ2n) is 6.60. The van der Waals surface area contributed by atoms with Crippen LogP contribution in [0.1, 0.15) is 32.3 Å². The molecule has 0 aliphatic heterocycles. The summed E-state index contributed by atoms with van der Waals surface area (Å²) in [6, 6.07) is 10.9. The summed E-state index contributed by atoms with van der Waals surface area (Å²) < 4.78 is 25.7. The molecule has 146 valence electrons. The van der Waals surface area contributed by atoms with Crippen LogP contribution in [0.2, 0.25) is 10.0 Å². The lowest BCUT2D eigenvalue weighted by Gasteiger charge is -2.29. The highest BCUT2D eigenvalue weighted by Crippen LogP contribution is 2.32. The van der Waals surface area contributed by atoms with Crippen molar-refractivity contribution in [1.29, 1.82) is 0 Å². The summed E-state index contributed by atoms with van der Waals surface area (Å²) in [6.45, 7) is 5.65. The highest BCUT2D eigenvalue weighted by atomic mass is 35.5. The van der Waals surface area contributed by atoms with Crippen LogP contribution in [0.15, 0.2) is 42.5 Å². The van der Waals surface area contributed by atoms with Crippen molar-refractivity contribution in [1.82, 2.24) is 0 Å². The second kappa shape index (κ2) is 8.50. The van der Waals surface area contributed by atoms with Gasteiger partial charge in [-0.3, -0.25) is 9.10 Å². The third kappa shape index (κ3) is 5.37. The van der Waals surface area contributed by atoms with Crippen molar-refractivity contribution in [2.24, 2.45) is 0 Å². The predicted molar refractivity (Wildman–Crippen MR) is 112 cm³/mol. The standard InChI is InChI=1S/C19H22Cl2N2O3S/c1-12(2)14-5-8-16(9-6-14)22-19(24)13(3)23(27(4,25)26)18-11-15(20)7-10-17(18)21/h5-13H,1-4H3,(H,22,24). The molecule has 0 bridgehead atoms. The lowest BCUT2D eigenvalue weighted by Crippen LogP contribution is -2.45. The summed E-state index contributed by atoms with van der Waals surface area (Å²) in [5.41, 5.74) is 1.89. The first-order valence-corrected chi connectivity index (χ1v) is 11.0. The fourth-order valence-corrected chi connectivity index (χ4v) is 4.24. The summed E-state index contributed by atoms with van der Waals surface area (Å²) in [7, 11) is -3.78. The number of halogens is 2. The molecule has 1 unspecified atom stereocenters. The molecule has 2 aromatic rings. The van der Waals surface area contributed by atoms with Crippen molar-refractivity contribution >= 4 is 50.5 Å². The first-order valence-electron chi connectivity index (χ1n) is 8.36. The van der Waals surface area contributed by atoms with Gasteiger partial charge in [0.15, 0.2) is 0 Å². The number of anilines is 2. The van der Waals surface area contributed by atoms with Crippen LogP contribution in [0.5, 0.6) is 0 Å². The summed E-state index contributed by atoms with van der Waals surface area (Å²) in [4.78, 5) is 12.7. The largest absolute Gasteiger partial charge is 0.324 e. The summed E-state index contributed by atoms with van der Waals surface area (Å²) in [6.07, 6.45) is 1.02. The van der Waals surface area contributed by atoms with E-state index in [-0.39, 0.29) is 10.7 Å². The molecule has 0 saturated carbocycles. The first kappa shape index (κ1) is 21.5. The fraction of sp³-hybridized carbons (Fsp3) is 0.316. The molecule has 0 aliphatic rings. The number of nitrogens with zero attached hydrogens (tertiary/aromatic N) is 1. The Kier molecular flexibility index (Phi) is 6.78. The summed E-state index contributed by atoms with van der Waals surface area (Å²) >= 11 is 12.1. The van der Waals surface area contributed by atoms with Crippen LogP contribution >= 0.6 is 23.2 Å². The van der Waals surface area contributed by atoms with Gasteiger partial charge in [-0.1, -0.05) is 49.2 Å². The van der Waals surface area contributed by atoms with Gasteiger partial charge in [-0.05, 0) is 48.7 Å². The van der Waals surface area contributed by atoms with Crippen molar-refractivity contribution in [3.05, 3.63) is 58.1 Å². The Labute approximate surface area is 170 Å². The van der Waals surface area contributed by atoms with Crippen molar-refractivity contribution in [3.63, 3.8) is 0 Å². The van der Waals surface area contributed by atoms with E-state index in [1.54, 1.807) is 18.2 Å². The van der Waals surface area contributed by atoms with E-state index in [4.69, 9.17) is 23.2 Å². The lowest BCUT2D eigenvalue weighted by atomic mass is 10.0. The Bertz CT molecular complexity index is 928. The average molecular weight is 429 g/mol. The van der Waals surface area contributed by atoms with Crippen LogP contribution in [0.4, 0.5) is 11.4 Å². The van der Waals surface area contributed by atoms with Crippen molar-refractivity contribution in [3.8, 4) is 0 Å². The molecular weight excluding hydrogens is 407 g/mol. The second-order valence-corrected chi connectivity index (χ2v) is 9.30. The number of amides is 1. The molecule has 2 rings (SSSR count). The van der Waals surface area contributed by atoms with Gasteiger partial charge in [0, 0.05) is 10.7 Å². The monoisotopic (exact) mass is 428 g/mol. The Morgan fingerprint density at radius 2 is 1.63 bits per heavy atom. The first-order chi connectivity index (χ1) is 12.5. The average Bonchev–Trinajstić information content (AvgIpc) is 2.57. The number of carbonyl (C=O) groups excluding carboxylic acids is 1. The topological polar surface area (TPSA) is 66.5 Å². The van der Waals surface area contributed by atoms with E-state index in [9.17, 15) is 13.2 Å². The van der Waals surface area contributed by atoms with Gasteiger partial charge in [0.25, 0.3) is 0 Å². The van der Waals surface area contributed by atoms with Gasteiger partial charge in [0.05, 0.1) is 17.0 Å². The number of hydrogen-bond acceptors (Lipinski definition) is 3. The Balaban J connectivity index is 2.31. The van der Waals surface area contributed by atoms with Crippen LogP contribution in [0.25, 0.3) is 0 Å². The fourth-order valence-electron chi connectivity index (χ4n) is 2.63. The van der Waals surface area contributed by atoms with Gasteiger partial charge in [0.1, 0.15) is 6.04 Å². The van der Waals surface area contributed by atoms with Crippen LogP contribution in [0, 0.1) is 0 Å². The molecular formula is C19H22Cl2N2O3S. The van der Waals surface area contributed by atoms with E-state index in [1.165, 1.54) is 19.1 Å². The van der Waals surface area contributed by atoms with Crippen molar-refractivity contribution in [2.75, 3.05) is 15.9 Å². The minimum Gasteiger partial charge on any atom is -0.324 e. The van der Waals surface area contributed by atoms with Gasteiger partial charge in [0.2, 0.25) is 15.9 Å².